The number of rotatable bonds is 3. The molecule has 148 valence electrons. The highest BCUT2D eigenvalue weighted by atomic mass is 19.2. The smallest absolute Gasteiger partial charge is 0.159 e. The molecule has 0 radical (unpaired) electrons. The van der Waals surface area contributed by atoms with Crippen LogP contribution in [0.1, 0.15) is 35.6 Å². The van der Waals surface area contributed by atoms with Gasteiger partial charge in [-0.2, -0.15) is 0 Å². The Balaban J connectivity index is 1.77. The number of hydrogen-bond acceptors (Lipinski definition) is 0. The predicted octanol–water partition coefficient (Wildman–Crippen LogP) is 7.10. The molecule has 0 N–H and O–H groups in total. The van der Waals surface area contributed by atoms with Crippen LogP contribution < -0.4 is 0 Å². The van der Waals surface area contributed by atoms with Crippen LogP contribution in [0.2, 0.25) is 0 Å². The maximum absolute atomic E-state index is 15.1. The molecular formula is C24H17F5. The minimum absolute atomic E-state index is 0.0852. The summed E-state index contributed by atoms with van der Waals surface area (Å²) in [5.41, 5.74) is 2.25. The molecule has 1 aliphatic carbocycles. The zero-order valence-corrected chi connectivity index (χ0v) is 15.6. The van der Waals surface area contributed by atoms with E-state index in [0.29, 0.717) is 28.7 Å². The van der Waals surface area contributed by atoms with Crippen molar-refractivity contribution in [1.29, 1.82) is 0 Å². The number of hydrogen-bond donors (Lipinski definition) is 0. The fraction of sp³-hybridized carbons (Fsp3) is 0.167. The zero-order chi connectivity index (χ0) is 20.7. The molecule has 1 aliphatic rings. The third-order valence-electron chi connectivity index (χ3n) is 5.32. The van der Waals surface area contributed by atoms with Gasteiger partial charge in [-0.05, 0) is 71.4 Å². The normalized spacial score (nSPS) is 13.2. The monoisotopic (exact) mass is 400 g/mol. The number of benzene rings is 3. The average Bonchev–Trinajstić information content (AvgIpc) is 2.70. The molecule has 0 heterocycles. The van der Waals surface area contributed by atoms with Crippen LogP contribution in [0.25, 0.3) is 22.8 Å². The molecule has 0 saturated heterocycles. The van der Waals surface area contributed by atoms with Crippen molar-refractivity contribution in [3.8, 4) is 11.1 Å². The Morgan fingerprint density at radius 3 is 2.14 bits per heavy atom. The Hall–Kier alpha value is -2.95. The summed E-state index contributed by atoms with van der Waals surface area (Å²) in [5, 5.41) is 0. The molecule has 0 amide bonds. The minimum atomic E-state index is -1.05. The fourth-order valence-corrected chi connectivity index (χ4v) is 3.77. The van der Waals surface area contributed by atoms with Crippen LogP contribution in [-0.2, 0) is 12.8 Å². The number of allylic oxidation sites excluding steroid dienone is 1. The van der Waals surface area contributed by atoms with Gasteiger partial charge >= 0.3 is 0 Å². The number of fused-ring (bicyclic) bond motifs is 1. The van der Waals surface area contributed by atoms with Crippen molar-refractivity contribution in [3.05, 3.63) is 93.8 Å². The largest absolute Gasteiger partial charge is 0.206 e. The molecule has 0 fully saturated rings. The first-order chi connectivity index (χ1) is 13.9. The van der Waals surface area contributed by atoms with E-state index < -0.39 is 29.1 Å². The minimum Gasteiger partial charge on any atom is -0.206 e. The first-order valence-electron chi connectivity index (χ1n) is 9.34. The van der Waals surface area contributed by atoms with E-state index in [4.69, 9.17) is 0 Å². The van der Waals surface area contributed by atoms with E-state index in [0.717, 1.165) is 12.1 Å². The van der Waals surface area contributed by atoms with Crippen LogP contribution in [-0.4, -0.2) is 0 Å². The van der Waals surface area contributed by atoms with E-state index >= 15 is 4.39 Å². The molecular weight excluding hydrogens is 383 g/mol. The van der Waals surface area contributed by atoms with Crippen LogP contribution in [0, 0.1) is 29.1 Å². The quantitative estimate of drug-likeness (QED) is 0.412. The molecule has 5 heteroatoms. The van der Waals surface area contributed by atoms with Crippen molar-refractivity contribution in [2.75, 3.05) is 0 Å². The highest BCUT2D eigenvalue weighted by Crippen LogP contribution is 2.37. The Bertz CT molecular complexity index is 1120. The third-order valence-corrected chi connectivity index (χ3v) is 5.32. The summed E-state index contributed by atoms with van der Waals surface area (Å²) in [4.78, 5) is 0. The van der Waals surface area contributed by atoms with Crippen LogP contribution >= 0.6 is 0 Å². The lowest BCUT2D eigenvalue weighted by Crippen LogP contribution is -2.06. The highest BCUT2D eigenvalue weighted by molar-refractivity contribution is 5.86. The maximum atomic E-state index is 15.1. The van der Waals surface area contributed by atoms with E-state index in [1.165, 1.54) is 24.3 Å². The van der Waals surface area contributed by atoms with Crippen molar-refractivity contribution < 1.29 is 22.0 Å². The predicted molar refractivity (Wildman–Crippen MR) is 104 cm³/mol. The summed E-state index contributed by atoms with van der Waals surface area (Å²) in [5.74, 6) is -3.85. The summed E-state index contributed by atoms with van der Waals surface area (Å²) in [6, 6.07) is 8.95. The standard InChI is InChI=1S/C24H17F5/c1-2-13-9-21(27)23(22(28)10-13)16-4-7-17-14(11-16)3-6-18(24(17)29)15-5-8-19(25)20(26)12-15/h3,5-6,8-12H,2,4,7H2,1H3. The molecule has 0 unspecified atom stereocenters. The molecule has 0 atom stereocenters. The summed E-state index contributed by atoms with van der Waals surface area (Å²) < 4.78 is 70.7. The number of halogens is 5. The van der Waals surface area contributed by atoms with Crippen molar-refractivity contribution >= 4 is 11.6 Å². The molecule has 3 aromatic carbocycles. The van der Waals surface area contributed by atoms with Gasteiger partial charge in [0.15, 0.2) is 11.6 Å². The molecule has 0 saturated carbocycles. The topological polar surface area (TPSA) is 0 Å². The second kappa shape index (κ2) is 7.47. The van der Waals surface area contributed by atoms with E-state index in [1.54, 1.807) is 12.1 Å². The Labute approximate surface area is 165 Å². The van der Waals surface area contributed by atoms with E-state index in [9.17, 15) is 17.6 Å². The SMILES string of the molecule is CCc1cc(F)c(C2=Cc3ccc(-c4ccc(F)c(F)c4)c(F)c3CC2)c(F)c1. The average molecular weight is 400 g/mol. The van der Waals surface area contributed by atoms with Gasteiger partial charge in [-0.15, -0.1) is 0 Å². The molecule has 0 spiro atoms. The molecule has 3 aromatic rings. The van der Waals surface area contributed by atoms with Gasteiger partial charge in [-0.25, -0.2) is 22.0 Å². The Kier molecular flexibility index (Phi) is 4.99. The van der Waals surface area contributed by atoms with Gasteiger partial charge in [0.2, 0.25) is 0 Å². The van der Waals surface area contributed by atoms with E-state index in [-0.39, 0.29) is 29.5 Å². The summed E-state index contributed by atoms with van der Waals surface area (Å²) >= 11 is 0. The van der Waals surface area contributed by atoms with E-state index in [1.807, 2.05) is 6.92 Å². The van der Waals surface area contributed by atoms with Crippen molar-refractivity contribution in [3.63, 3.8) is 0 Å². The molecule has 0 nitrogen and oxygen atoms in total. The van der Waals surface area contributed by atoms with Gasteiger partial charge in [0.1, 0.15) is 17.5 Å². The fourth-order valence-electron chi connectivity index (χ4n) is 3.77. The van der Waals surface area contributed by atoms with Gasteiger partial charge in [0.05, 0.1) is 0 Å². The van der Waals surface area contributed by atoms with Crippen molar-refractivity contribution in [2.45, 2.75) is 26.2 Å². The molecule has 29 heavy (non-hydrogen) atoms. The summed E-state index contributed by atoms with van der Waals surface area (Å²) in [6.45, 7) is 1.82. The molecule has 0 bridgehead atoms. The second-order valence-corrected chi connectivity index (χ2v) is 7.08. The first kappa shape index (κ1) is 19.4. The zero-order valence-electron chi connectivity index (χ0n) is 15.6. The van der Waals surface area contributed by atoms with Crippen LogP contribution in [0.3, 0.4) is 0 Å². The van der Waals surface area contributed by atoms with Crippen LogP contribution in [0.4, 0.5) is 22.0 Å². The lowest BCUT2D eigenvalue weighted by Gasteiger charge is -2.20. The lowest BCUT2D eigenvalue weighted by atomic mass is 9.86. The van der Waals surface area contributed by atoms with Gasteiger partial charge in [-0.1, -0.05) is 31.2 Å². The Morgan fingerprint density at radius 2 is 1.48 bits per heavy atom. The van der Waals surface area contributed by atoms with Gasteiger partial charge in [0.25, 0.3) is 0 Å². The number of aryl methyl sites for hydroxylation is 1. The van der Waals surface area contributed by atoms with Gasteiger partial charge < -0.3 is 0 Å². The van der Waals surface area contributed by atoms with E-state index in [2.05, 4.69) is 0 Å². The second-order valence-electron chi connectivity index (χ2n) is 7.08. The maximum Gasteiger partial charge on any atom is 0.159 e. The molecule has 0 aromatic heterocycles. The Morgan fingerprint density at radius 1 is 0.759 bits per heavy atom. The molecule has 0 aliphatic heterocycles. The van der Waals surface area contributed by atoms with Crippen molar-refractivity contribution in [1.82, 2.24) is 0 Å². The summed E-state index contributed by atoms with van der Waals surface area (Å²) in [6.07, 6.45) is 2.63. The lowest BCUT2D eigenvalue weighted by molar-refractivity contribution is 0.509. The van der Waals surface area contributed by atoms with Crippen molar-refractivity contribution in [2.24, 2.45) is 0 Å². The first-order valence-corrected chi connectivity index (χ1v) is 9.34. The molecule has 4 rings (SSSR count). The summed E-state index contributed by atoms with van der Waals surface area (Å²) in [7, 11) is 0. The highest BCUT2D eigenvalue weighted by Gasteiger charge is 2.22. The van der Waals surface area contributed by atoms with Gasteiger partial charge in [0, 0.05) is 11.1 Å². The van der Waals surface area contributed by atoms with Crippen LogP contribution in [0.15, 0.2) is 42.5 Å². The third kappa shape index (κ3) is 3.46. The van der Waals surface area contributed by atoms with Gasteiger partial charge in [-0.3, -0.25) is 0 Å². The van der Waals surface area contributed by atoms with Crippen LogP contribution in [0.5, 0.6) is 0 Å².